The first kappa shape index (κ1) is 16.1. The molecule has 0 radical (unpaired) electrons. The molecule has 1 heterocycles. The number of ether oxygens (including phenoxy) is 1. The van der Waals surface area contributed by atoms with Gasteiger partial charge in [0, 0.05) is 19.2 Å². The molecule has 2 aromatic rings. The maximum absolute atomic E-state index is 13.2. The zero-order valence-corrected chi connectivity index (χ0v) is 13.9. The van der Waals surface area contributed by atoms with Crippen molar-refractivity contribution >= 4 is 33.3 Å². The fourth-order valence-corrected chi connectivity index (χ4v) is 2.49. The monoisotopic (exact) mass is 373 g/mol. The smallest absolute Gasteiger partial charge is 0.163 e. The van der Waals surface area contributed by atoms with E-state index in [0.29, 0.717) is 36.1 Å². The standard InChI is InChI=1S/C14H14BrClFN3O/c1-3-18-14-12(15)11(7-21-2)19-13(20-14)9-5-4-8(17)6-10(9)16/h4-6H,3,7H2,1-2H3,(H,18,19,20). The molecule has 112 valence electrons. The molecule has 2 rings (SSSR count). The molecule has 0 atom stereocenters. The number of benzene rings is 1. The van der Waals surface area contributed by atoms with E-state index in [-0.39, 0.29) is 5.02 Å². The molecule has 1 aromatic heterocycles. The minimum atomic E-state index is -0.398. The van der Waals surface area contributed by atoms with Crippen molar-refractivity contribution in [3.63, 3.8) is 0 Å². The maximum Gasteiger partial charge on any atom is 0.163 e. The van der Waals surface area contributed by atoms with Crippen LogP contribution in [0.4, 0.5) is 10.2 Å². The summed E-state index contributed by atoms with van der Waals surface area (Å²) in [4.78, 5) is 8.87. The second-order valence-electron chi connectivity index (χ2n) is 4.24. The molecule has 0 spiro atoms. The summed E-state index contributed by atoms with van der Waals surface area (Å²) in [5.41, 5.74) is 1.26. The summed E-state index contributed by atoms with van der Waals surface area (Å²) in [7, 11) is 1.59. The first-order valence-electron chi connectivity index (χ1n) is 6.31. The number of hydrogen-bond acceptors (Lipinski definition) is 4. The van der Waals surface area contributed by atoms with Gasteiger partial charge in [-0.15, -0.1) is 0 Å². The van der Waals surface area contributed by atoms with E-state index in [0.717, 1.165) is 4.47 Å². The van der Waals surface area contributed by atoms with Crippen molar-refractivity contribution in [1.29, 1.82) is 0 Å². The fourth-order valence-electron chi connectivity index (χ4n) is 1.80. The Morgan fingerprint density at radius 1 is 1.38 bits per heavy atom. The van der Waals surface area contributed by atoms with Crippen LogP contribution in [0.3, 0.4) is 0 Å². The van der Waals surface area contributed by atoms with Crippen molar-refractivity contribution in [3.8, 4) is 11.4 Å². The Morgan fingerprint density at radius 3 is 2.76 bits per heavy atom. The number of rotatable bonds is 5. The van der Waals surface area contributed by atoms with Crippen LogP contribution < -0.4 is 5.32 Å². The number of aromatic nitrogens is 2. The summed E-state index contributed by atoms with van der Waals surface area (Å²) in [5.74, 6) is 0.672. The van der Waals surface area contributed by atoms with E-state index in [1.807, 2.05) is 6.92 Å². The highest BCUT2D eigenvalue weighted by Crippen LogP contribution is 2.31. The van der Waals surface area contributed by atoms with E-state index < -0.39 is 5.82 Å². The Morgan fingerprint density at radius 2 is 2.14 bits per heavy atom. The lowest BCUT2D eigenvalue weighted by Crippen LogP contribution is -2.07. The number of methoxy groups -OCH3 is 1. The van der Waals surface area contributed by atoms with E-state index >= 15 is 0 Å². The van der Waals surface area contributed by atoms with Crippen LogP contribution >= 0.6 is 27.5 Å². The predicted molar refractivity (Wildman–Crippen MR) is 85.0 cm³/mol. The van der Waals surface area contributed by atoms with E-state index in [1.165, 1.54) is 12.1 Å². The second kappa shape index (κ2) is 7.15. The Balaban J connectivity index is 2.56. The lowest BCUT2D eigenvalue weighted by atomic mass is 10.2. The minimum Gasteiger partial charge on any atom is -0.378 e. The van der Waals surface area contributed by atoms with Gasteiger partial charge in [-0.3, -0.25) is 0 Å². The van der Waals surface area contributed by atoms with Gasteiger partial charge in [-0.25, -0.2) is 14.4 Å². The maximum atomic E-state index is 13.2. The highest BCUT2D eigenvalue weighted by atomic mass is 79.9. The summed E-state index contributed by atoms with van der Waals surface area (Å²) in [6.07, 6.45) is 0. The van der Waals surface area contributed by atoms with Crippen LogP contribution in [0.2, 0.25) is 5.02 Å². The topological polar surface area (TPSA) is 47.0 Å². The molecule has 1 aromatic carbocycles. The quantitative estimate of drug-likeness (QED) is 0.849. The van der Waals surface area contributed by atoms with Gasteiger partial charge in [0.15, 0.2) is 5.82 Å². The Labute approximate surface area is 135 Å². The van der Waals surface area contributed by atoms with Crippen molar-refractivity contribution < 1.29 is 9.13 Å². The van der Waals surface area contributed by atoms with Gasteiger partial charge in [-0.2, -0.15) is 0 Å². The van der Waals surface area contributed by atoms with Crippen LogP contribution in [0.1, 0.15) is 12.6 Å². The molecule has 0 bridgehead atoms. The van der Waals surface area contributed by atoms with Crippen LogP contribution in [0.5, 0.6) is 0 Å². The lowest BCUT2D eigenvalue weighted by molar-refractivity contribution is 0.181. The van der Waals surface area contributed by atoms with E-state index in [4.69, 9.17) is 16.3 Å². The van der Waals surface area contributed by atoms with Gasteiger partial charge in [0.1, 0.15) is 11.6 Å². The van der Waals surface area contributed by atoms with Crippen molar-refractivity contribution in [1.82, 2.24) is 9.97 Å². The molecule has 0 aliphatic carbocycles. The van der Waals surface area contributed by atoms with Crippen LogP contribution in [0.15, 0.2) is 22.7 Å². The molecule has 0 unspecified atom stereocenters. The third kappa shape index (κ3) is 3.70. The summed E-state index contributed by atoms with van der Waals surface area (Å²) >= 11 is 9.54. The molecule has 0 amide bonds. The fraction of sp³-hybridized carbons (Fsp3) is 0.286. The van der Waals surface area contributed by atoms with Crippen molar-refractivity contribution in [3.05, 3.63) is 39.2 Å². The van der Waals surface area contributed by atoms with E-state index in [2.05, 4.69) is 31.2 Å². The van der Waals surface area contributed by atoms with Gasteiger partial charge in [0.2, 0.25) is 0 Å². The first-order chi connectivity index (χ1) is 10.1. The molecule has 7 heteroatoms. The highest BCUT2D eigenvalue weighted by Gasteiger charge is 2.15. The summed E-state index contributed by atoms with van der Waals surface area (Å²) < 4.78 is 19.0. The number of nitrogens with zero attached hydrogens (tertiary/aromatic N) is 2. The molecular formula is C14H14BrClFN3O. The Bertz CT molecular complexity index is 627. The molecule has 21 heavy (non-hydrogen) atoms. The molecule has 0 saturated carbocycles. The van der Waals surface area contributed by atoms with Crippen LogP contribution in [-0.2, 0) is 11.3 Å². The van der Waals surface area contributed by atoms with Crippen LogP contribution in [0, 0.1) is 5.82 Å². The van der Waals surface area contributed by atoms with Crippen LogP contribution in [-0.4, -0.2) is 23.6 Å². The van der Waals surface area contributed by atoms with Gasteiger partial charge < -0.3 is 10.1 Å². The number of hydrogen-bond donors (Lipinski definition) is 1. The van der Waals surface area contributed by atoms with Crippen molar-refractivity contribution in [2.24, 2.45) is 0 Å². The first-order valence-corrected chi connectivity index (χ1v) is 7.48. The Kier molecular flexibility index (Phi) is 5.50. The van der Waals surface area contributed by atoms with Gasteiger partial charge in [-0.1, -0.05) is 11.6 Å². The normalized spacial score (nSPS) is 10.7. The predicted octanol–water partition coefficient (Wildman–Crippen LogP) is 4.28. The average Bonchev–Trinajstić information content (AvgIpc) is 2.43. The number of anilines is 1. The number of halogens is 3. The summed E-state index contributed by atoms with van der Waals surface area (Å²) in [6, 6.07) is 4.13. The summed E-state index contributed by atoms with van der Waals surface area (Å²) in [6.45, 7) is 3.00. The largest absolute Gasteiger partial charge is 0.378 e. The SMILES string of the molecule is CCNc1nc(-c2ccc(F)cc2Cl)nc(COC)c1Br. The molecule has 4 nitrogen and oxygen atoms in total. The number of nitrogens with one attached hydrogen (secondary N) is 1. The van der Waals surface area contributed by atoms with E-state index in [1.54, 1.807) is 13.2 Å². The highest BCUT2D eigenvalue weighted by molar-refractivity contribution is 9.10. The summed E-state index contributed by atoms with van der Waals surface area (Å²) in [5, 5.41) is 3.41. The molecule has 0 aliphatic rings. The third-order valence-electron chi connectivity index (χ3n) is 2.72. The van der Waals surface area contributed by atoms with Gasteiger partial charge in [-0.05, 0) is 41.1 Å². The minimum absolute atomic E-state index is 0.267. The van der Waals surface area contributed by atoms with Gasteiger partial charge >= 0.3 is 0 Å². The van der Waals surface area contributed by atoms with Gasteiger partial charge in [0.25, 0.3) is 0 Å². The van der Waals surface area contributed by atoms with Crippen molar-refractivity contribution in [2.45, 2.75) is 13.5 Å². The zero-order valence-electron chi connectivity index (χ0n) is 11.6. The Hall–Kier alpha value is -1.24. The molecule has 0 aliphatic heterocycles. The molecule has 0 fully saturated rings. The molecule has 1 N–H and O–H groups in total. The van der Waals surface area contributed by atoms with Crippen LogP contribution in [0.25, 0.3) is 11.4 Å². The average molecular weight is 375 g/mol. The molecule has 0 saturated heterocycles. The second-order valence-corrected chi connectivity index (χ2v) is 5.44. The van der Waals surface area contributed by atoms with E-state index in [9.17, 15) is 4.39 Å². The lowest BCUT2D eigenvalue weighted by Gasteiger charge is -2.12. The molecular weight excluding hydrogens is 361 g/mol. The van der Waals surface area contributed by atoms with Gasteiger partial charge in [0.05, 0.1) is 21.8 Å². The third-order valence-corrected chi connectivity index (χ3v) is 3.86. The zero-order chi connectivity index (χ0) is 15.4. The van der Waals surface area contributed by atoms with Crippen molar-refractivity contribution in [2.75, 3.05) is 19.0 Å².